The fourth-order valence-electron chi connectivity index (χ4n) is 1.62. The first-order valence-electron chi connectivity index (χ1n) is 5.79. The first-order valence-corrected chi connectivity index (χ1v) is 5.79. The van der Waals surface area contributed by atoms with Crippen molar-refractivity contribution in [1.82, 2.24) is 4.98 Å². The molecule has 0 unspecified atom stereocenters. The van der Waals surface area contributed by atoms with Crippen molar-refractivity contribution in [2.75, 3.05) is 5.32 Å². The van der Waals surface area contributed by atoms with E-state index in [-0.39, 0.29) is 11.4 Å². The fourth-order valence-corrected chi connectivity index (χ4v) is 1.62. The van der Waals surface area contributed by atoms with Crippen LogP contribution in [0.15, 0.2) is 30.5 Å². The lowest BCUT2D eigenvalue weighted by Crippen LogP contribution is -2.06. The van der Waals surface area contributed by atoms with Crippen LogP contribution in [0.3, 0.4) is 0 Å². The van der Waals surface area contributed by atoms with Crippen LogP contribution in [-0.2, 0) is 0 Å². The summed E-state index contributed by atoms with van der Waals surface area (Å²) in [5, 5.41) is 22.3. The predicted octanol–water partition coefficient (Wildman–Crippen LogP) is 2.88. The lowest BCUT2D eigenvalue weighted by molar-refractivity contribution is -0.385. The third kappa shape index (κ3) is 3.11. The van der Waals surface area contributed by atoms with Crippen LogP contribution < -0.4 is 5.32 Å². The molecule has 2 aromatic rings. The van der Waals surface area contributed by atoms with Gasteiger partial charge in [-0.3, -0.25) is 10.1 Å². The number of nitrogens with one attached hydrogen (secondary N) is 1. The molecule has 1 aromatic carbocycles. The Bertz CT molecular complexity index is 733. The number of carboxylic acid groups (broad SMARTS) is 1. The second-order valence-electron chi connectivity index (χ2n) is 4.24. The highest BCUT2D eigenvalue weighted by atomic mass is 19.1. The van der Waals surface area contributed by atoms with Crippen molar-refractivity contribution in [1.29, 1.82) is 0 Å². The Kier molecular flexibility index (Phi) is 3.79. The molecule has 0 saturated carbocycles. The van der Waals surface area contributed by atoms with Crippen LogP contribution in [0.5, 0.6) is 0 Å². The van der Waals surface area contributed by atoms with Crippen molar-refractivity contribution in [2.24, 2.45) is 0 Å². The van der Waals surface area contributed by atoms with E-state index in [1.165, 1.54) is 12.1 Å². The summed E-state index contributed by atoms with van der Waals surface area (Å²) in [7, 11) is 0. The fraction of sp³-hybridized carbons (Fsp3) is 0.0769. The third-order valence-electron chi connectivity index (χ3n) is 2.75. The lowest BCUT2D eigenvalue weighted by Gasteiger charge is -2.09. The maximum Gasteiger partial charge on any atom is 0.339 e. The molecule has 0 amide bonds. The summed E-state index contributed by atoms with van der Waals surface area (Å²) in [5.74, 6) is -1.93. The van der Waals surface area contributed by atoms with Crippen LogP contribution in [0.25, 0.3) is 0 Å². The van der Waals surface area contributed by atoms with E-state index in [0.29, 0.717) is 11.3 Å². The van der Waals surface area contributed by atoms with E-state index >= 15 is 0 Å². The van der Waals surface area contributed by atoms with Gasteiger partial charge in [-0.05, 0) is 24.6 Å². The molecule has 108 valence electrons. The van der Waals surface area contributed by atoms with Crippen LogP contribution >= 0.6 is 0 Å². The van der Waals surface area contributed by atoms with E-state index in [9.17, 15) is 19.3 Å². The van der Waals surface area contributed by atoms with Crippen LogP contribution in [0.1, 0.15) is 15.9 Å². The van der Waals surface area contributed by atoms with Gasteiger partial charge in [0.1, 0.15) is 23.4 Å². The van der Waals surface area contributed by atoms with Crippen LogP contribution in [0.4, 0.5) is 21.6 Å². The molecular weight excluding hydrogens is 281 g/mol. The molecule has 0 spiro atoms. The Labute approximate surface area is 118 Å². The standard InChI is InChI=1S/C13H10FN3O4/c1-7-2-3-8(4-11(7)14)16-12-10(13(18)19)5-9(6-15-12)17(20)21/h2-6H,1H3,(H,15,16)(H,18,19). The number of carboxylic acids is 1. The number of nitrogens with zero attached hydrogens (tertiary/aromatic N) is 2. The molecule has 21 heavy (non-hydrogen) atoms. The lowest BCUT2D eigenvalue weighted by atomic mass is 10.2. The zero-order valence-corrected chi connectivity index (χ0v) is 10.8. The van der Waals surface area contributed by atoms with E-state index in [4.69, 9.17) is 5.11 Å². The summed E-state index contributed by atoms with van der Waals surface area (Å²) in [6.45, 7) is 1.59. The highest BCUT2D eigenvalue weighted by Gasteiger charge is 2.17. The van der Waals surface area contributed by atoms with Crippen LogP contribution in [0, 0.1) is 22.9 Å². The first-order chi connectivity index (χ1) is 9.88. The quantitative estimate of drug-likeness (QED) is 0.662. The first kappa shape index (κ1) is 14.4. The second kappa shape index (κ2) is 5.53. The molecule has 8 heteroatoms. The van der Waals surface area contributed by atoms with E-state index in [1.54, 1.807) is 13.0 Å². The number of anilines is 2. The summed E-state index contributed by atoms with van der Waals surface area (Å²) in [6.07, 6.45) is 0.930. The summed E-state index contributed by atoms with van der Waals surface area (Å²) < 4.78 is 13.4. The molecule has 1 aromatic heterocycles. The number of aryl methyl sites for hydroxylation is 1. The van der Waals surface area contributed by atoms with Gasteiger partial charge in [0.15, 0.2) is 0 Å². The maximum absolute atomic E-state index is 13.4. The van der Waals surface area contributed by atoms with Crippen molar-refractivity contribution in [3.8, 4) is 0 Å². The van der Waals surface area contributed by atoms with Gasteiger partial charge in [-0.2, -0.15) is 0 Å². The van der Waals surface area contributed by atoms with Gasteiger partial charge in [0.25, 0.3) is 5.69 Å². The van der Waals surface area contributed by atoms with Gasteiger partial charge in [-0.15, -0.1) is 0 Å². The van der Waals surface area contributed by atoms with Crippen molar-refractivity contribution >= 4 is 23.2 Å². The number of aromatic nitrogens is 1. The van der Waals surface area contributed by atoms with Gasteiger partial charge in [0, 0.05) is 11.8 Å². The molecule has 0 aliphatic carbocycles. The number of hydrogen-bond acceptors (Lipinski definition) is 5. The van der Waals surface area contributed by atoms with Crippen LogP contribution in [0.2, 0.25) is 0 Å². The monoisotopic (exact) mass is 291 g/mol. The number of carbonyl (C=O) groups is 1. The SMILES string of the molecule is Cc1ccc(Nc2ncc([N+](=O)[O-])cc2C(=O)O)cc1F. The van der Waals surface area contributed by atoms with Gasteiger partial charge >= 0.3 is 5.97 Å². The number of nitro groups is 1. The molecule has 2 rings (SSSR count). The smallest absolute Gasteiger partial charge is 0.339 e. The number of rotatable bonds is 4. The minimum Gasteiger partial charge on any atom is -0.478 e. The Hall–Kier alpha value is -3.03. The van der Waals surface area contributed by atoms with E-state index in [1.807, 2.05) is 0 Å². The Balaban J connectivity index is 2.41. The van der Waals surface area contributed by atoms with E-state index in [0.717, 1.165) is 12.3 Å². The third-order valence-corrected chi connectivity index (χ3v) is 2.75. The zero-order chi connectivity index (χ0) is 15.6. The number of hydrogen-bond donors (Lipinski definition) is 2. The number of halogens is 1. The normalized spacial score (nSPS) is 10.2. The van der Waals surface area contributed by atoms with E-state index < -0.39 is 22.4 Å². The molecular formula is C13H10FN3O4. The summed E-state index contributed by atoms with van der Waals surface area (Å²) >= 11 is 0. The zero-order valence-electron chi connectivity index (χ0n) is 10.8. The van der Waals surface area contributed by atoms with Gasteiger partial charge in [0.2, 0.25) is 0 Å². The van der Waals surface area contributed by atoms with Gasteiger partial charge in [0.05, 0.1) is 4.92 Å². The molecule has 0 fully saturated rings. The summed E-state index contributed by atoms with van der Waals surface area (Å²) in [6, 6.07) is 5.14. The van der Waals surface area contributed by atoms with Gasteiger partial charge in [-0.25, -0.2) is 14.2 Å². The summed E-state index contributed by atoms with van der Waals surface area (Å²) in [5.41, 5.74) is -0.0733. The average molecular weight is 291 g/mol. The van der Waals surface area contributed by atoms with Crippen molar-refractivity contribution in [2.45, 2.75) is 6.92 Å². The molecule has 0 aliphatic rings. The number of aromatic carboxylic acids is 1. The van der Waals surface area contributed by atoms with Crippen LogP contribution in [-0.4, -0.2) is 21.0 Å². The highest BCUT2D eigenvalue weighted by Crippen LogP contribution is 2.23. The predicted molar refractivity (Wildman–Crippen MR) is 72.3 cm³/mol. The molecule has 2 N–H and O–H groups in total. The topological polar surface area (TPSA) is 105 Å². The maximum atomic E-state index is 13.4. The second-order valence-corrected chi connectivity index (χ2v) is 4.24. The van der Waals surface area contributed by atoms with E-state index in [2.05, 4.69) is 10.3 Å². The Morgan fingerprint density at radius 3 is 2.71 bits per heavy atom. The molecule has 0 bridgehead atoms. The van der Waals surface area contributed by atoms with Gasteiger partial charge < -0.3 is 10.4 Å². The van der Waals surface area contributed by atoms with Crippen molar-refractivity contribution in [3.63, 3.8) is 0 Å². The van der Waals surface area contributed by atoms with Crippen molar-refractivity contribution < 1.29 is 19.2 Å². The number of pyridine rings is 1. The largest absolute Gasteiger partial charge is 0.478 e. The van der Waals surface area contributed by atoms with Crippen molar-refractivity contribution in [3.05, 3.63) is 57.5 Å². The number of benzene rings is 1. The summed E-state index contributed by atoms with van der Waals surface area (Å²) in [4.78, 5) is 24.7. The average Bonchev–Trinajstić information content (AvgIpc) is 2.43. The minimum atomic E-state index is -1.37. The molecule has 0 saturated heterocycles. The Morgan fingerprint density at radius 1 is 1.43 bits per heavy atom. The molecule has 0 aliphatic heterocycles. The highest BCUT2D eigenvalue weighted by molar-refractivity contribution is 5.94. The minimum absolute atomic E-state index is 0.101. The molecule has 7 nitrogen and oxygen atoms in total. The van der Waals surface area contributed by atoms with Gasteiger partial charge in [-0.1, -0.05) is 6.07 Å². The molecule has 0 atom stereocenters. The molecule has 0 radical (unpaired) electrons. The Morgan fingerprint density at radius 2 is 2.14 bits per heavy atom. The molecule has 1 heterocycles.